The van der Waals surface area contributed by atoms with Crippen LogP contribution in [0.2, 0.25) is 0 Å². The largest absolute Gasteiger partial charge is 0.309 e. The molecule has 0 amide bonds. The number of hydrogen-bond acceptors (Lipinski definition) is 2. The average molecular weight is 234 g/mol. The molecule has 17 heavy (non-hydrogen) atoms. The number of aromatic nitrogens is 1. The van der Waals surface area contributed by atoms with Crippen LogP contribution in [0.5, 0.6) is 0 Å². The molecule has 2 nitrogen and oxygen atoms in total. The van der Waals surface area contributed by atoms with Crippen LogP contribution in [-0.4, -0.2) is 11.0 Å². The minimum absolute atomic E-state index is 0.580. The molecular weight excluding hydrogens is 208 g/mol. The standard InChI is InChI=1S/C15H26N2/c1-12(2)7-5-8-13(3)16-11-15-10-6-9-14(4)17-15/h6,9-10,12-13,16H,5,7-8,11H2,1-4H3. The third kappa shape index (κ3) is 6.42. The Kier molecular flexibility index (Phi) is 6.20. The molecule has 0 aliphatic carbocycles. The van der Waals surface area contributed by atoms with Gasteiger partial charge in [-0.15, -0.1) is 0 Å². The van der Waals surface area contributed by atoms with Crippen LogP contribution in [0.1, 0.15) is 51.4 Å². The van der Waals surface area contributed by atoms with E-state index in [1.165, 1.54) is 19.3 Å². The van der Waals surface area contributed by atoms with Crippen LogP contribution in [0, 0.1) is 12.8 Å². The van der Waals surface area contributed by atoms with Crippen molar-refractivity contribution in [3.05, 3.63) is 29.6 Å². The van der Waals surface area contributed by atoms with Crippen LogP contribution < -0.4 is 5.32 Å². The lowest BCUT2D eigenvalue weighted by atomic mass is 10.0. The lowest BCUT2D eigenvalue weighted by Gasteiger charge is -2.14. The van der Waals surface area contributed by atoms with Gasteiger partial charge in [0.1, 0.15) is 0 Å². The summed E-state index contributed by atoms with van der Waals surface area (Å²) in [5, 5.41) is 3.54. The van der Waals surface area contributed by atoms with Crippen LogP contribution in [0.15, 0.2) is 18.2 Å². The zero-order valence-corrected chi connectivity index (χ0v) is 11.7. The molecule has 1 unspecified atom stereocenters. The summed E-state index contributed by atoms with van der Waals surface area (Å²) < 4.78 is 0. The van der Waals surface area contributed by atoms with Crippen molar-refractivity contribution >= 4 is 0 Å². The Bertz CT molecular complexity index is 320. The summed E-state index contributed by atoms with van der Waals surface area (Å²) in [6.07, 6.45) is 3.89. The lowest BCUT2D eigenvalue weighted by Crippen LogP contribution is -2.25. The van der Waals surface area contributed by atoms with Crippen LogP contribution in [0.3, 0.4) is 0 Å². The summed E-state index contributed by atoms with van der Waals surface area (Å²) in [5.41, 5.74) is 2.23. The molecule has 0 aromatic carbocycles. The highest BCUT2D eigenvalue weighted by molar-refractivity contribution is 5.09. The first-order valence-electron chi connectivity index (χ1n) is 6.74. The molecule has 1 rings (SSSR count). The molecule has 0 aliphatic heterocycles. The van der Waals surface area contributed by atoms with Crippen LogP contribution >= 0.6 is 0 Å². The monoisotopic (exact) mass is 234 g/mol. The van der Waals surface area contributed by atoms with E-state index in [-0.39, 0.29) is 0 Å². The quantitative estimate of drug-likeness (QED) is 0.778. The van der Waals surface area contributed by atoms with Crippen molar-refractivity contribution in [2.75, 3.05) is 0 Å². The van der Waals surface area contributed by atoms with E-state index in [0.717, 1.165) is 23.9 Å². The first kappa shape index (κ1) is 14.2. The van der Waals surface area contributed by atoms with Gasteiger partial charge in [-0.05, 0) is 38.3 Å². The average Bonchev–Trinajstić information content (AvgIpc) is 2.26. The van der Waals surface area contributed by atoms with E-state index in [9.17, 15) is 0 Å². The molecule has 1 atom stereocenters. The Hall–Kier alpha value is -0.890. The number of nitrogens with zero attached hydrogens (tertiary/aromatic N) is 1. The molecule has 0 aliphatic rings. The molecule has 0 spiro atoms. The van der Waals surface area contributed by atoms with Gasteiger partial charge in [-0.25, -0.2) is 0 Å². The SMILES string of the molecule is Cc1cccc(CNC(C)CCCC(C)C)n1. The Labute approximate surface area is 106 Å². The van der Waals surface area contributed by atoms with E-state index < -0.39 is 0 Å². The molecule has 1 aromatic heterocycles. The number of pyridine rings is 1. The molecule has 1 aromatic rings. The van der Waals surface area contributed by atoms with Crippen molar-refractivity contribution in [3.63, 3.8) is 0 Å². The second-order valence-corrected chi connectivity index (χ2v) is 5.38. The molecule has 2 heteroatoms. The van der Waals surface area contributed by atoms with Gasteiger partial charge in [0.2, 0.25) is 0 Å². The minimum Gasteiger partial charge on any atom is -0.309 e. The molecular formula is C15H26N2. The topological polar surface area (TPSA) is 24.9 Å². The van der Waals surface area contributed by atoms with Gasteiger partial charge in [-0.1, -0.05) is 32.8 Å². The lowest BCUT2D eigenvalue weighted by molar-refractivity contribution is 0.455. The minimum atomic E-state index is 0.580. The van der Waals surface area contributed by atoms with Crippen molar-refractivity contribution in [2.45, 2.75) is 59.5 Å². The first-order valence-corrected chi connectivity index (χ1v) is 6.74. The van der Waals surface area contributed by atoms with Crippen molar-refractivity contribution < 1.29 is 0 Å². The Morgan fingerprint density at radius 2 is 1.94 bits per heavy atom. The predicted octanol–water partition coefficient (Wildman–Crippen LogP) is 3.69. The predicted molar refractivity (Wildman–Crippen MR) is 74.0 cm³/mol. The van der Waals surface area contributed by atoms with Crippen molar-refractivity contribution in [1.29, 1.82) is 0 Å². The van der Waals surface area contributed by atoms with E-state index in [4.69, 9.17) is 0 Å². The number of rotatable bonds is 7. The van der Waals surface area contributed by atoms with Gasteiger partial charge in [0, 0.05) is 18.3 Å². The first-order chi connectivity index (χ1) is 8.08. The number of aryl methyl sites for hydroxylation is 1. The smallest absolute Gasteiger partial charge is 0.0544 e. The van der Waals surface area contributed by atoms with Gasteiger partial charge >= 0.3 is 0 Å². The third-order valence-electron chi connectivity index (χ3n) is 3.00. The van der Waals surface area contributed by atoms with E-state index >= 15 is 0 Å². The summed E-state index contributed by atoms with van der Waals surface area (Å²) in [6, 6.07) is 6.77. The normalized spacial score (nSPS) is 13.0. The maximum Gasteiger partial charge on any atom is 0.0544 e. The summed E-state index contributed by atoms with van der Waals surface area (Å²) in [6.45, 7) is 9.75. The summed E-state index contributed by atoms with van der Waals surface area (Å²) in [7, 11) is 0. The number of hydrogen-bond donors (Lipinski definition) is 1. The second-order valence-electron chi connectivity index (χ2n) is 5.38. The molecule has 96 valence electrons. The molecule has 0 radical (unpaired) electrons. The third-order valence-corrected chi connectivity index (χ3v) is 3.00. The highest BCUT2D eigenvalue weighted by atomic mass is 14.9. The van der Waals surface area contributed by atoms with Gasteiger partial charge in [-0.3, -0.25) is 4.98 Å². The molecule has 1 heterocycles. The van der Waals surface area contributed by atoms with E-state index in [0.29, 0.717) is 6.04 Å². The highest BCUT2D eigenvalue weighted by Crippen LogP contribution is 2.08. The zero-order valence-electron chi connectivity index (χ0n) is 11.7. The van der Waals surface area contributed by atoms with Crippen LogP contribution in [-0.2, 0) is 6.54 Å². The summed E-state index contributed by atoms with van der Waals surface area (Å²) >= 11 is 0. The molecule has 1 N–H and O–H groups in total. The Morgan fingerprint density at radius 1 is 1.18 bits per heavy atom. The zero-order chi connectivity index (χ0) is 12.7. The maximum atomic E-state index is 4.49. The van der Waals surface area contributed by atoms with Gasteiger partial charge in [0.25, 0.3) is 0 Å². The van der Waals surface area contributed by atoms with Gasteiger partial charge < -0.3 is 5.32 Å². The van der Waals surface area contributed by atoms with E-state index in [1.807, 2.05) is 13.0 Å². The van der Waals surface area contributed by atoms with E-state index in [1.54, 1.807) is 0 Å². The maximum absolute atomic E-state index is 4.49. The van der Waals surface area contributed by atoms with Gasteiger partial charge in [0.05, 0.1) is 5.69 Å². The molecule has 0 fully saturated rings. The summed E-state index contributed by atoms with van der Waals surface area (Å²) in [4.78, 5) is 4.49. The Balaban J connectivity index is 2.21. The fraction of sp³-hybridized carbons (Fsp3) is 0.667. The van der Waals surface area contributed by atoms with Gasteiger partial charge in [-0.2, -0.15) is 0 Å². The van der Waals surface area contributed by atoms with Crippen molar-refractivity contribution in [3.8, 4) is 0 Å². The van der Waals surface area contributed by atoms with Gasteiger partial charge in [0.15, 0.2) is 0 Å². The van der Waals surface area contributed by atoms with E-state index in [2.05, 4.69) is 43.2 Å². The van der Waals surface area contributed by atoms with Crippen LogP contribution in [0.4, 0.5) is 0 Å². The van der Waals surface area contributed by atoms with Crippen molar-refractivity contribution in [1.82, 2.24) is 10.3 Å². The Morgan fingerprint density at radius 3 is 2.59 bits per heavy atom. The van der Waals surface area contributed by atoms with Crippen molar-refractivity contribution in [2.24, 2.45) is 5.92 Å². The molecule has 0 saturated carbocycles. The number of nitrogens with one attached hydrogen (secondary N) is 1. The highest BCUT2D eigenvalue weighted by Gasteiger charge is 2.03. The fourth-order valence-corrected chi connectivity index (χ4v) is 1.91. The fourth-order valence-electron chi connectivity index (χ4n) is 1.91. The summed E-state index contributed by atoms with van der Waals surface area (Å²) in [5.74, 6) is 0.820. The molecule has 0 saturated heterocycles. The second kappa shape index (κ2) is 7.44. The van der Waals surface area contributed by atoms with Crippen LogP contribution in [0.25, 0.3) is 0 Å². The molecule has 0 bridgehead atoms.